The first kappa shape index (κ1) is 21.9. The van der Waals surface area contributed by atoms with E-state index in [9.17, 15) is 9.18 Å². The molecule has 2 heterocycles. The van der Waals surface area contributed by atoms with E-state index in [1.165, 1.54) is 26.6 Å². The van der Waals surface area contributed by atoms with Crippen LogP contribution in [0.1, 0.15) is 11.1 Å². The molecule has 0 unspecified atom stereocenters. The summed E-state index contributed by atoms with van der Waals surface area (Å²) in [4.78, 5) is 21.1. The van der Waals surface area contributed by atoms with Crippen LogP contribution in [0, 0.1) is 12.7 Å². The number of benzene rings is 2. The van der Waals surface area contributed by atoms with E-state index in [0.717, 1.165) is 5.56 Å². The van der Waals surface area contributed by atoms with Gasteiger partial charge in [-0.3, -0.25) is 10.1 Å². The number of anilines is 1. The number of aryl methyl sites for hydroxylation is 1. The number of hydrogen-bond acceptors (Lipinski definition) is 7. The van der Waals surface area contributed by atoms with Crippen molar-refractivity contribution in [3.63, 3.8) is 0 Å². The van der Waals surface area contributed by atoms with Crippen LogP contribution in [0.15, 0.2) is 59.5 Å². The van der Waals surface area contributed by atoms with Crippen molar-refractivity contribution >= 4 is 11.8 Å². The summed E-state index contributed by atoms with van der Waals surface area (Å²) in [5, 5.41) is 6.77. The first-order valence-corrected chi connectivity index (χ1v) is 10.0. The second kappa shape index (κ2) is 9.47. The summed E-state index contributed by atoms with van der Waals surface area (Å²) in [6, 6.07) is 11.6. The number of carbonyl (C=O) groups excluding carboxylic acids is 1. The molecule has 8 nitrogen and oxygen atoms in total. The van der Waals surface area contributed by atoms with Gasteiger partial charge in [-0.2, -0.15) is 0 Å². The van der Waals surface area contributed by atoms with E-state index in [1.54, 1.807) is 42.6 Å². The van der Waals surface area contributed by atoms with Crippen molar-refractivity contribution in [1.82, 2.24) is 15.1 Å². The van der Waals surface area contributed by atoms with Gasteiger partial charge in [-0.05, 0) is 31.2 Å². The van der Waals surface area contributed by atoms with Gasteiger partial charge in [-0.1, -0.05) is 28.9 Å². The van der Waals surface area contributed by atoms with Gasteiger partial charge in [0.1, 0.15) is 17.8 Å². The summed E-state index contributed by atoms with van der Waals surface area (Å²) >= 11 is 0. The maximum atomic E-state index is 14.6. The smallest absolute Gasteiger partial charge is 0.241 e. The quantitative estimate of drug-likeness (QED) is 0.446. The van der Waals surface area contributed by atoms with Crippen LogP contribution in [0.4, 0.5) is 10.3 Å². The second-order valence-corrected chi connectivity index (χ2v) is 7.19. The number of rotatable bonds is 7. The highest BCUT2D eigenvalue weighted by Crippen LogP contribution is 2.38. The summed E-state index contributed by atoms with van der Waals surface area (Å²) in [5.41, 5.74) is 2.72. The minimum absolute atomic E-state index is 0.0154. The molecule has 2 aromatic carbocycles. The Hall–Kier alpha value is -4.27. The van der Waals surface area contributed by atoms with E-state index >= 15 is 0 Å². The van der Waals surface area contributed by atoms with Gasteiger partial charge in [0.25, 0.3) is 0 Å². The van der Waals surface area contributed by atoms with Crippen LogP contribution in [0.3, 0.4) is 0 Å². The van der Waals surface area contributed by atoms with Crippen LogP contribution in [0.25, 0.3) is 22.5 Å². The van der Waals surface area contributed by atoms with E-state index in [0.29, 0.717) is 28.3 Å². The van der Waals surface area contributed by atoms with Gasteiger partial charge in [0.2, 0.25) is 11.8 Å². The first-order chi connectivity index (χ1) is 16.0. The Bertz CT molecular complexity index is 1290. The molecular formula is C24H21FN4O4. The van der Waals surface area contributed by atoms with Crippen molar-refractivity contribution < 1.29 is 23.2 Å². The van der Waals surface area contributed by atoms with Gasteiger partial charge >= 0.3 is 0 Å². The molecule has 168 valence electrons. The second-order valence-electron chi connectivity index (χ2n) is 7.19. The molecule has 4 rings (SSSR count). The van der Waals surface area contributed by atoms with Crippen molar-refractivity contribution in [3.05, 3.63) is 71.9 Å². The van der Waals surface area contributed by atoms with Crippen molar-refractivity contribution in [2.45, 2.75) is 13.3 Å². The maximum Gasteiger partial charge on any atom is 0.241 e. The lowest BCUT2D eigenvalue weighted by Gasteiger charge is -2.12. The summed E-state index contributed by atoms with van der Waals surface area (Å²) in [6.45, 7) is 1.84. The number of hydrogen-bond donors (Lipinski definition) is 1. The van der Waals surface area contributed by atoms with Gasteiger partial charge in [-0.25, -0.2) is 14.4 Å². The lowest BCUT2D eigenvalue weighted by atomic mass is 10.0. The topological polar surface area (TPSA) is 99.4 Å². The Balaban J connectivity index is 1.71. The van der Waals surface area contributed by atoms with Gasteiger partial charge < -0.3 is 14.0 Å². The predicted octanol–water partition coefficient (Wildman–Crippen LogP) is 4.44. The van der Waals surface area contributed by atoms with Crippen molar-refractivity contribution in [2.24, 2.45) is 0 Å². The van der Waals surface area contributed by atoms with Crippen molar-refractivity contribution in [3.8, 4) is 34.0 Å². The molecule has 0 aliphatic carbocycles. The third-order valence-corrected chi connectivity index (χ3v) is 5.00. The number of para-hydroxylation sites is 1. The average Bonchev–Trinajstić information content (AvgIpc) is 3.23. The molecular weight excluding hydrogens is 427 g/mol. The molecule has 0 saturated carbocycles. The fourth-order valence-electron chi connectivity index (χ4n) is 3.49. The zero-order valence-corrected chi connectivity index (χ0v) is 18.3. The summed E-state index contributed by atoms with van der Waals surface area (Å²) in [6.07, 6.45) is 2.88. The van der Waals surface area contributed by atoms with Crippen molar-refractivity contribution in [2.75, 3.05) is 19.5 Å². The Labute approximate surface area is 189 Å². The highest BCUT2D eigenvalue weighted by atomic mass is 19.1. The Morgan fingerprint density at radius 1 is 1.15 bits per heavy atom. The molecule has 0 fully saturated rings. The van der Waals surface area contributed by atoms with E-state index in [2.05, 4.69) is 20.4 Å². The molecule has 1 N–H and O–H groups in total. The van der Waals surface area contributed by atoms with E-state index < -0.39 is 5.82 Å². The third-order valence-electron chi connectivity index (χ3n) is 5.00. The van der Waals surface area contributed by atoms with Gasteiger partial charge in [0, 0.05) is 17.3 Å². The molecule has 2 aromatic heterocycles. The molecule has 0 aliphatic rings. The van der Waals surface area contributed by atoms with Crippen LogP contribution in [-0.2, 0) is 11.2 Å². The lowest BCUT2D eigenvalue weighted by molar-refractivity contribution is -0.115. The van der Waals surface area contributed by atoms with Gasteiger partial charge in [-0.15, -0.1) is 0 Å². The molecule has 9 heteroatoms. The third kappa shape index (κ3) is 4.52. The lowest BCUT2D eigenvalue weighted by Crippen LogP contribution is -2.15. The highest BCUT2D eigenvalue weighted by Gasteiger charge is 2.24. The molecule has 4 aromatic rings. The zero-order valence-electron chi connectivity index (χ0n) is 18.3. The maximum absolute atomic E-state index is 14.6. The number of amides is 1. The molecule has 0 atom stereocenters. The minimum Gasteiger partial charge on any atom is -0.493 e. The number of aromatic nitrogens is 3. The molecule has 0 saturated heterocycles. The van der Waals surface area contributed by atoms with Gasteiger partial charge in [0.15, 0.2) is 11.5 Å². The van der Waals surface area contributed by atoms with Crippen LogP contribution in [-0.4, -0.2) is 35.3 Å². The molecule has 0 bridgehead atoms. The fourth-order valence-corrected chi connectivity index (χ4v) is 3.49. The number of ether oxygens (including phenoxy) is 2. The standard InChI is InChI=1S/C24H21FN4O4/c1-14-7-8-17(25)16(11-14)22-21(18-9-10-26-13-27-18)24(33-29-22)28-20(30)12-15-5-4-6-19(31-2)23(15)32-3/h4-11,13H,12H2,1-3H3,(H,28,30). The van der Waals surface area contributed by atoms with Gasteiger partial charge in [0.05, 0.1) is 31.9 Å². The molecule has 1 amide bonds. The predicted molar refractivity (Wildman–Crippen MR) is 120 cm³/mol. The van der Waals surface area contributed by atoms with Crippen LogP contribution in [0.2, 0.25) is 0 Å². The van der Waals surface area contributed by atoms with Crippen LogP contribution in [0.5, 0.6) is 11.5 Å². The Morgan fingerprint density at radius 2 is 2.00 bits per heavy atom. The monoisotopic (exact) mass is 448 g/mol. The number of nitrogens with one attached hydrogen (secondary N) is 1. The molecule has 0 aliphatic heterocycles. The number of nitrogens with zero attached hydrogens (tertiary/aromatic N) is 3. The van der Waals surface area contributed by atoms with E-state index in [4.69, 9.17) is 14.0 Å². The number of carbonyl (C=O) groups is 1. The van der Waals surface area contributed by atoms with Crippen LogP contribution < -0.4 is 14.8 Å². The van der Waals surface area contributed by atoms with E-state index in [1.807, 2.05) is 6.92 Å². The van der Waals surface area contributed by atoms with Crippen LogP contribution >= 0.6 is 0 Å². The Kier molecular flexibility index (Phi) is 6.30. The largest absolute Gasteiger partial charge is 0.493 e. The summed E-state index contributed by atoms with van der Waals surface area (Å²) < 4.78 is 30.8. The van der Waals surface area contributed by atoms with Crippen molar-refractivity contribution in [1.29, 1.82) is 0 Å². The summed E-state index contributed by atoms with van der Waals surface area (Å²) in [5.74, 6) is 0.177. The first-order valence-electron chi connectivity index (χ1n) is 10.0. The molecule has 0 spiro atoms. The summed E-state index contributed by atoms with van der Waals surface area (Å²) in [7, 11) is 3.03. The molecule has 0 radical (unpaired) electrons. The normalized spacial score (nSPS) is 10.7. The average molecular weight is 448 g/mol. The number of methoxy groups -OCH3 is 2. The Morgan fingerprint density at radius 3 is 2.73 bits per heavy atom. The zero-order chi connectivity index (χ0) is 23.4. The fraction of sp³-hybridized carbons (Fsp3) is 0.167. The minimum atomic E-state index is -0.469. The highest BCUT2D eigenvalue weighted by molar-refractivity contribution is 5.97. The SMILES string of the molecule is COc1cccc(CC(=O)Nc2onc(-c3cc(C)ccc3F)c2-c2ccncn2)c1OC. The molecule has 33 heavy (non-hydrogen) atoms. The van der Waals surface area contributed by atoms with E-state index in [-0.39, 0.29) is 29.5 Å². The number of halogens is 1.